The van der Waals surface area contributed by atoms with Crippen LogP contribution in [0.4, 0.5) is 5.82 Å². The van der Waals surface area contributed by atoms with Crippen LogP contribution in [0.5, 0.6) is 0 Å². The van der Waals surface area contributed by atoms with E-state index in [1.165, 1.54) is 19.3 Å². The van der Waals surface area contributed by atoms with Gasteiger partial charge >= 0.3 is 5.97 Å². The van der Waals surface area contributed by atoms with E-state index in [2.05, 4.69) is 31.1 Å². The lowest BCUT2D eigenvalue weighted by molar-refractivity contribution is 0.0691. The average Bonchev–Trinajstić information content (AvgIpc) is 2.37. The van der Waals surface area contributed by atoms with Gasteiger partial charge in [0.05, 0.1) is 5.02 Å². The number of anilines is 1. The van der Waals surface area contributed by atoms with Gasteiger partial charge in [0.15, 0.2) is 5.69 Å². The van der Waals surface area contributed by atoms with Crippen LogP contribution in [0.1, 0.15) is 56.9 Å². The molecular formula is C15H23ClN2O2. The minimum absolute atomic E-state index is 0.111. The van der Waals surface area contributed by atoms with Crippen molar-refractivity contribution < 1.29 is 9.90 Å². The van der Waals surface area contributed by atoms with Crippen molar-refractivity contribution in [1.82, 2.24) is 4.98 Å². The minimum atomic E-state index is -1.11. The van der Waals surface area contributed by atoms with Crippen molar-refractivity contribution in [3.05, 3.63) is 22.8 Å². The highest BCUT2D eigenvalue weighted by molar-refractivity contribution is 6.33. The molecule has 0 amide bonds. The van der Waals surface area contributed by atoms with E-state index < -0.39 is 5.97 Å². The Morgan fingerprint density at radius 2 is 2.10 bits per heavy atom. The molecule has 0 saturated carbocycles. The number of aromatic carboxylic acids is 1. The topological polar surface area (TPSA) is 62.2 Å². The van der Waals surface area contributed by atoms with Crippen LogP contribution in [0.2, 0.25) is 5.02 Å². The second-order valence-electron chi connectivity index (χ2n) is 5.81. The highest BCUT2D eigenvalue weighted by atomic mass is 35.5. The van der Waals surface area contributed by atoms with Crippen LogP contribution in [0.15, 0.2) is 12.1 Å². The van der Waals surface area contributed by atoms with E-state index in [0.717, 1.165) is 13.0 Å². The molecule has 0 fully saturated rings. The second-order valence-corrected chi connectivity index (χ2v) is 6.21. The highest BCUT2D eigenvalue weighted by Gasteiger charge is 2.18. The van der Waals surface area contributed by atoms with Crippen LogP contribution in [-0.2, 0) is 0 Å². The minimum Gasteiger partial charge on any atom is -0.476 e. The van der Waals surface area contributed by atoms with Crippen molar-refractivity contribution in [3.63, 3.8) is 0 Å². The molecule has 2 N–H and O–H groups in total. The van der Waals surface area contributed by atoms with Gasteiger partial charge in [-0.1, -0.05) is 51.6 Å². The molecule has 0 aliphatic rings. The van der Waals surface area contributed by atoms with Crippen molar-refractivity contribution in [2.45, 2.75) is 46.5 Å². The van der Waals surface area contributed by atoms with E-state index in [-0.39, 0.29) is 16.1 Å². The van der Waals surface area contributed by atoms with E-state index in [0.29, 0.717) is 5.82 Å². The maximum Gasteiger partial charge on any atom is 0.356 e. The van der Waals surface area contributed by atoms with Gasteiger partial charge in [0, 0.05) is 6.54 Å². The standard InChI is InChI=1S/C15H23ClN2O2/c1-4-5-6-9-15(2,3)10-17-12-8-7-11(16)13(18-12)14(19)20/h7-8H,4-6,9-10H2,1-3H3,(H,17,18)(H,19,20). The Morgan fingerprint density at radius 1 is 1.40 bits per heavy atom. The van der Waals surface area contributed by atoms with Gasteiger partial charge in [-0.25, -0.2) is 9.78 Å². The zero-order valence-electron chi connectivity index (χ0n) is 12.4. The fourth-order valence-corrected chi connectivity index (χ4v) is 2.15. The number of nitrogens with one attached hydrogen (secondary N) is 1. The molecule has 1 rings (SSSR count). The molecule has 0 spiro atoms. The molecule has 1 aromatic rings. The largest absolute Gasteiger partial charge is 0.476 e. The van der Waals surface area contributed by atoms with E-state index in [9.17, 15) is 4.79 Å². The molecule has 0 aliphatic carbocycles. The molecule has 5 heteroatoms. The Bertz CT molecular complexity index is 461. The summed E-state index contributed by atoms with van der Waals surface area (Å²) in [6.07, 6.45) is 4.79. The number of hydrogen-bond donors (Lipinski definition) is 2. The van der Waals surface area contributed by atoms with Crippen molar-refractivity contribution in [2.24, 2.45) is 5.41 Å². The predicted molar refractivity (Wildman–Crippen MR) is 82.6 cm³/mol. The fraction of sp³-hybridized carbons (Fsp3) is 0.600. The lowest BCUT2D eigenvalue weighted by Crippen LogP contribution is -2.23. The molecule has 0 radical (unpaired) electrons. The lowest BCUT2D eigenvalue weighted by atomic mass is 9.87. The van der Waals surface area contributed by atoms with Gasteiger partial charge in [0.1, 0.15) is 5.82 Å². The first-order chi connectivity index (χ1) is 9.35. The third-order valence-corrected chi connectivity index (χ3v) is 3.56. The maximum atomic E-state index is 11.0. The number of aromatic nitrogens is 1. The number of carboxylic acids is 1. The summed E-state index contributed by atoms with van der Waals surface area (Å²) in [6.45, 7) is 7.34. The lowest BCUT2D eigenvalue weighted by Gasteiger charge is -2.25. The van der Waals surface area contributed by atoms with Crippen molar-refractivity contribution in [3.8, 4) is 0 Å². The summed E-state index contributed by atoms with van der Waals surface area (Å²) < 4.78 is 0. The summed E-state index contributed by atoms with van der Waals surface area (Å²) >= 11 is 5.79. The molecule has 20 heavy (non-hydrogen) atoms. The van der Waals surface area contributed by atoms with Gasteiger partial charge in [0.2, 0.25) is 0 Å². The Labute approximate surface area is 125 Å². The van der Waals surface area contributed by atoms with Crippen LogP contribution >= 0.6 is 11.6 Å². The number of rotatable bonds is 8. The summed E-state index contributed by atoms with van der Waals surface area (Å²) in [5.74, 6) is -0.559. The second kappa shape index (κ2) is 7.48. The summed E-state index contributed by atoms with van der Waals surface area (Å²) in [4.78, 5) is 15.0. The van der Waals surface area contributed by atoms with Gasteiger partial charge in [-0.3, -0.25) is 0 Å². The van der Waals surface area contributed by atoms with Crippen LogP contribution in [0.25, 0.3) is 0 Å². The van der Waals surface area contributed by atoms with E-state index in [1.807, 2.05) is 0 Å². The number of unbranched alkanes of at least 4 members (excludes halogenated alkanes) is 2. The Hall–Kier alpha value is -1.29. The third-order valence-electron chi connectivity index (χ3n) is 3.25. The average molecular weight is 299 g/mol. The van der Waals surface area contributed by atoms with E-state index >= 15 is 0 Å². The third kappa shape index (κ3) is 5.37. The quantitative estimate of drug-likeness (QED) is 0.696. The molecule has 0 saturated heterocycles. The SMILES string of the molecule is CCCCCC(C)(C)CNc1ccc(Cl)c(C(=O)O)n1. The van der Waals surface area contributed by atoms with Crippen LogP contribution in [0.3, 0.4) is 0 Å². The summed E-state index contributed by atoms with van der Waals surface area (Å²) in [5, 5.41) is 12.3. The molecule has 1 heterocycles. The first-order valence-electron chi connectivity index (χ1n) is 6.99. The number of carbonyl (C=O) groups is 1. The van der Waals surface area contributed by atoms with E-state index in [4.69, 9.17) is 16.7 Å². The first-order valence-corrected chi connectivity index (χ1v) is 7.37. The summed E-state index contributed by atoms with van der Waals surface area (Å²) in [6, 6.07) is 3.27. The van der Waals surface area contributed by atoms with Gasteiger partial charge in [-0.05, 0) is 24.0 Å². The molecule has 112 valence electrons. The number of hydrogen-bond acceptors (Lipinski definition) is 3. The van der Waals surface area contributed by atoms with Crippen molar-refractivity contribution in [1.29, 1.82) is 0 Å². The Balaban J connectivity index is 2.61. The number of pyridine rings is 1. The highest BCUT2D eigenvalue weighted by Crippen LogP contribution is 2.24. The smallest absolute Gasteiger partial charge is 0.356 e. The van der Waals surface area contributed by atoms with Crippen molar-refractivity contribution in [2.75, 3.05) is 11.9 Å². The Kier molecular flexibility index (Phi) is 6.27. The fourth-order valence-electron chi connectivity index (χ4n) is 1.96. The van der Waals surface area contributed by atoms with Gasteiger partial charge in [-0.2, -0.15) is 0 Å². The van der Waals surface area contributed by atoms with Gasteiger partial charge in [-0.15, -0.1) is 0 Å². The molecule has 0 aliphatic heterocycles. The number of carboxylic acid groups (broad SMARTS) is 1. The molecule has 0 unspecified atom stereocenters. The molecule has 1 aromatic heterocycles. The number of halogens is 1. The molecule has 0 atom stereocenters. The van der Waals surface area contributed by atoms with E-state index in [1.54, 1.807) is 12.1 Å². The zero-order chi connectivity index (χ0) is 15.2. The first kappa shape index (κ1) is 16.8. The van der Waals surface area contributed by atoms with Gasteiger partial charge < -0.3 is 10.4 Å². The maximum absolute atomic E-state index is 11.0. The molecular weight excluding hydrogens is 276 g/mol. The van der Waals surface area contributed by atoms with Crippen LogP contribution in [-0.4, -0.2) is 22.6 Å². The molecule has 0 bridgehead atoms. The number of nitrogens with zero attached hydrogens (tertiary/aromatic N) is 1. The van der Waals surface area contributed by atoms with Crippen LogP contribution < -0.4 is 5.32 Å². The zero-order valence-corrected chi connectivity index (χ0v) is 13.1. The summed E-state index contributed by atoms with van der Waals surface area (Å²) in [5.41, 5.74) is 0.0420. The monoisotopic (exact) mass is 298 g/mol. The van der Waals surface area contributed by atoms with Crippen molar-refractivity contribution >= 4 is 23.4 Å². The van der Waals surface area contributed by atoms with Gasteiger partial charge in [0.25, 0.3) is 0 Å². The predicted octanol–water partition coefficient (Wildman–Crippen LogP) is 4.45. The molecule has 0 aromatic carbocycles. The Morgan fingerprint density at radius 3 is 2.70 bits per heavy atom. The van der Waals surface area contributed by atoms with Crippen LogP contribution in [0, 0.1) is 5.41 Å². The normalized spacial score (nSPS) is 11.4. The molecule has 4 nitrogen and oxygen atoms in total. The summed E-state index contributed by atoms with van der Waals surface area (Å²) in [7, 11) is 0.